The van der Waals surface area contributed by atoms with Gasteiger partial charge >= 0.3 is 0 Å². The summed E-state index contributed by atoms with van der Waals surface area (Å²) in [6.45, 7) is 10.9. The molecule has 0 radical (unpaired) electrons. The standard InChI is InChI=1S/C18H30N2O/c1-17(2,18(3,4)21)19-14-15-8-10-16(11-9-15)20-12-6-5-7-13-20/h8-11,19,21H,5-7,12-14H2,1-4H3. The van der Waals surface area contributed by atoms with Gasteiger partial charge in [0.05, 0.1) is 5.60 Å². The lowest BCUT2D eigenvalue weighted by molar-refractivity contribution is -0.00531. The van der Waals surface area contributed by atoms with Crippen molar-refractivity contribution in [3.05, 3.63) is 29.8 Å². The van der Waals surface area contributed by atoms with E-state index < -0.39 is 5.60 Å². The number of nitrogens with zero attached hydrogens (tertiary/aromatic N) is 1. The highest BCUT2D eigenvalue weighted by Gasteiger charge is 2.34. The zero-order chi connectivity index (χ0) is 15.5. The van der Waals surface area contributed by atoms with Crippen molar-refractivity contribution in [2.24, 2.45) is 0 Å². The molecule has 1 heterocycles. The molecular weight excluding hydrogens is 260 g/mol. The van der Waals surface area contributed by atoms with Gasteiger partial charge in [-0.3, -0.25) is 0 Å². The molecule has 3 nitrogen and oxygen atoms in total. The minimum Gasteiger partial charge on any atom is -0.389 e. The van der Waals surface area contributed by atoms with E-state index in [9.17, 15) is 5.11 Å². The number of nitrogens with one attached hydrogen (secondary N) is 1. The van der Waals surface area contributed by atoms with Crippen LogP contribution in [0.4, 0.5) is 5.69 Å². The molecule has 3 heteroatoms. The van der Waals surface area contributed by atoms with Crippen LogP contribution >= 0.6 is 0 Å². The minimum atomic E-state index is -0.749. The zero-order valence-corrected chi connectivity index (χ0v) is 13.9. The van der Waals surface area contributed by atoms with Crippen molar-refractivity contribution in [1.82, 2.24) is 5.32 Å². The van der Waals surface area contributed by atoms with E-state index >= 15 is 0 Å². The van der Waals surface area contributed by atoms with Crippen LogP contribution in [0.2, 0.25) is 0 Å². The molecule has 1 saturated heterocycles. The van der Waals surface area contributed by atoms with E-state index in [0.29, 0.717) is 0 Å². The van der Waals surface area contributed by atoms with Gasteiger partial charge in [-0.25, -0.2) is 0 Å². The summed E-state index contributed by atoms with van der Waals surface area (Å²) in [5, 5.41) is 13.6. The Morgan fingerprint density at radius 2 is 1.57 bits per heavy atom. The minimum absolute atomic E-state index is 0.321. The molecule has 2 N–H and O–H groups in total. The van der Waals surface area contributed by atoms with Crippen LogP contribution in [0, 0.1) is 0 Å². The van der Waals surface area contributed by atoms with Crippen molar-refractivity contribution in [2.75, 3.05) is 18.0 Å². The quantitative estimate of drug-likeness (QED) is 0.873. The monoisotopic (exact) mass is 290 g/mol. The van der Waals surface area contributed by atoms with E-state index in [1.54, 1.807) is 0 Å². The Balaban J connectivity index is 1.93. The summed E-state index contributed by atoms with van der Waals surface area (Å²) < 4.78 is 0. The molecule has 1 aromatic carbocycles. The van der Waals surface area contributed by atoms with Gasteiger partial charge in [-0.15, -0.1) is 0 Å². The first-order chi connectivity index (χ1) is 9.79. The zero-order valence-electron chi connectivity index (χ0n) is 13.9. The summed E-state index contributed by atoms with van der Waals surface area (Å²) >= 11 is 0. The molecule has 1 aliphatic heterocycles. The number of piperidine rings is 1. The Morgan fingerprint density at radius 1 is 1.00 bits per heavy atom. The van der Waals surface area contributed by atoms with E-state index in [2.05, 4.69) is 34.5 Å². The van der Waals surface area contributed by atoms with Gasteiger partial charge in [-0.2, -0.15) is 0 Å². The Bertz CT molecular complexity index is 439. The highest BCUT2D eigenvalue weighted by molar-refractivity contribution is 5.47. The van der Waals surface area contributed by atoms with Gasteiger partial charge in [0.1, 0.15) is 0 Å². The van der Waals surface area contributed by atoms with Crippen LogP contribution < -0.4 is 10.2 Å². The molecule has 0 saturated carbocycles. The lowest BCUT2D eigenvalue weighted by Gasteiger charge is -2.38. The van der Waals surface area contributed by atoms with Gasteiger partial charge in [0.15, 0.2) is 0 Å². The summed E-state index contributed by atoms with van der Waals surface area (Å²) in [7, 11) is 0. The van der Waals surface area contributed by atoms with Gasteiger partial charge in [0, 0.05) is 30.9 Å². The van der Waals surface area contributed by atoms with Crippen molar-refractivity contribution in [2.45, 2.75) is 64.6 Å². The maximum atomic E-state index is 10.2. The second-order valence-corrected chi connectivity index (χ2v) is 7.25. The second kappa shape index (κ2) is 6.37. The second-order valence-electron chi connectivity index (χ2n) is 7.25. The van der Waals surface area contributed by atoms with E-state index in [0.717, 1.165) is 6.54 Å². The van der Waals surface area contributed by atoms with E-state index in [1.165, 1.54) is 43.6 Å². The van der Waals surface area contributed by atoms with Crippen LogP contribution in [0.25, 0.3) is 0 Å². The molecule has 0 amide bonds. The Kier molecular flexibility index (Phi) is 4.95. The molecule has 0 aliphatic carbocycles. The van der Waals surface area contributed by atoms with Crippen molar-refractivity contribution in [1.29, 1.82) is 0 Å². The molecule has 0 unspecified atom stereocenters. The molecule has 1 fully saturated rings. The average Bonchev–Trinajstić information content (AvgIpc) is 2.45. The third kappa shape index (κ3) is 4.21. The fraction of sp³-hybridized carbons (Fsp3) is 0.667. The van der Waals surface area contributed by atoms with Crippen molar-refractivity contribution >= 4 is 5.69 Å². The highest BCUT2D eigenvalue weighted by Crippen LogP contribution is 2.23. The third-order valence-corrected chi connectivity index (χ3v) is 4.92. The first-order valence-electron chi connectivity index (χ1n) is 8.11. The SMILES string of the molecule is CC(C)(O)C(C)(C)NCc1ccc(N2CCCCC2)cc1. The molecule has 0 bridgehead atoms. The Morgan fingerprint density at radius 3 is 2.10 bits per heavy atom. The van der Waals surface area contributed by atoms with Crippen LogP contribution in [0.15, 0.2) is 24.3 Å². The topological polar surface area (TPSA) is 35.5 Å². The molecule has 2 rings (SSSR count). The van der Waals surface area contributed by atoms with Crippen LogP contribution in [0.5, 0.6) is 0 Å². The largest absolute Gasteiger partial charge is 0.389 e. The first-order valence-corrected chi connectivity index (χ1v) is 8.11. The number of aliphatic hydroxyl groups is 1. The Labute approximate surface area is 129 Å². The molecule has 1 aliphatic rings. The number of hydrogen-bond donors (Lipinski definition) is 2. The number of benzene rings is 1. The number of hydrogen-bond acceptors (Lipinski definition) is 3. The summed E-state index contributed by atoms with van der Waals surface area (Å²) in [4.78, 5) is 2.47. The molecule has 118 valence electrons. The van der Waals surface area contributed by atoms with Crippen molar-refractivity contribution in [3.8, 4) is 0 Å². The van der Waals surface area contributed by atoms with Gasteiger partial charge in [0.2, 0.25) is 0 Å². The molecule has 0 spiro atoms. The predicted octanol–water partition coefficient (Wildman–Crippen LogP) is 3.32. The van der Waals surface area contributed by atoms with E-state index in [1.807, 2.05) is 27.7 Å². The highest BCUT2D eigenvalue weighted by atomic mass is 16.3. The number of anilines is 1. The Hall–Kier alpha value is -1.06. The summed E-state index contributed by atoms with van der Waals surface area (Å²) in [5.74, 6) is 0. The third-order valence-electron chi connectivity index (χ3n) is 4.92. The molecule has 0 aromatic heterocycles. The summed E-state index contributed by atoms with van der Waals surface area (Å²) in [5.41, 5.74) is 1.52. The average molecular weight is 290 g/mol. The summed E-state index contributed by atoms with van der Waals surface area (Å²) in [6.07, 6.45) is 3.98. The molecular formula is C18H30N2O. The number of rotatable bonds is 5. The summed E-state index contributed by atoms with van der Waals surface area (Å²) in [6, 6.07) is 8.83. The van der Waals surface area contributed by atoms with Crippen LogP contribution in [0.1, 0.15) is 52.5 Å². The predicted molar refractivity (Wildman–Crippen MR) is 89.7 cm³/mol. The van der Waals surface area contributed by atoms with Crippen molar-refractivity contribution < 1.29 is 5.11 Å². The van der Waals surface area contributed by atoms with Crippen LogP contribution in [-0.2, 0) is 6.54 Å². The van der Waals surface area contributed by atoms with Crippen LogP contribution in [0.3, 0.4) is 0 Å². The normalized spacial score (nSPS) is 17.1. The molecule has 21 heavy (non-hydrogen) atoms. The van der Waals surface area contributed by atoms with Gasteiger partial charge in [-0.1, -0.05) is 12.1 Å². The lowest BCUT2D eigenvalue weighted by atomic mass is 9.86. The lowest BCUT2D eigenvalue weighted by Crippen LogP contribution is -2.55. The first kappa shape index (κ1) is 16.3. The van der Waals surface area contributed by atoms with Crippen molar-refractivity contribution in [3.63, 3.8) is 0 Å². The fourth-order valence-corrected chi connectivity index (χ4v) is 2.52. The van der Waals surface area contributed by atoms with Crippen LogP contribution in [-0.4, -0.2) is 29.3 Å². The van der Waals surface area contributed by atoms with Gasteiger partial charge < -0.3 is 15.3 Å². The van der Waals surface area contributed by atoms with Gasteiger partial charge in [-0.05, 0) is 64.7 Å². The van der Waals surface area contributed by atoms with E-state index in [4.69, 9.17) is 0 Å². The maximum Gasteiger partial charge on any atom is 0.0767 e. The van der Waals surface area contributed by atoms with E-state index in [-0.39, 0.29) is 5.54 Å². The fourth-order valence-electron chi connectivity index (χ4n) is 2.52. The molecule has 1 aromatic rings. The smallest absolute Gasteiger partial charge is 0.0767 e. The van der Waals surface area contributed by atoms with Gasteiger partial charge in [0.25, 0.3) is 0 Å². The maximum absolute atomic E-state index is 10.2. The molecule has 0 atom stereocenters.